The van der Waals surface area contributed by atoms with E-state index in [2.05, 4.69) is 46.8 Å². The van der Waals surface area contributed by atoms with E-state index in [1.807, 2.05) is 0 Å². The number of carboxylic acids is 1. The summed E-state index contributed by atoms with van der Waals surface area (Å²) in [5, 5.41) is 9.89. The SMILES string of the molecule is CC1=C2[C@@H](C(=O)O)C/C(C)=C/CC/C(C)=C/C[C@@H](CC1)C2(C)C. The summed E-state index contributed by atoms with van der Waals surface area (Å²) < 4.78 is 0. The fourth-order valence-corrected chi connectivity index (χ4v) is 4.53. The maximum Gasteiger partial charge on any atom is 0.310 e. The van der Waals surface area contributed by atoms with Gasteiger partial charge < -0.3 is 5.11 Å². The smallest absolute Gasteiger partial charge is 0.310 e. The summed E-state index contributed by atoms with van der Waals surface area (Å²) in [5.74, 6) is -0.486. The van der Waals surface area contributed by atoms with Crippen LogP contribution in [-0.4, -0.2) is 11.1 Å². The molecule has 2 aliphatic carbocycles. The van der Waals surface area contributed by atoms with Crippen LogP contribution in [0.3, 0.4) is 0 Å². The van der Waals surface area contributed by atoms with Crippen LogP contribution in [0.25, 0.3) is 0 Å². The lowest BCUT2D eigenvalue weighted by Crippen LogP contribution is -2.36. The molecule has 23 heavy (non-hydrogen) atoms. The molecule has 1 N–H and O–H groups in total. The van der Waals surface area contributed by atoms with Gasteiger partial charge in [0.15, 0.2) is 0 Å². The van der Waals surface area contributed by atoms with Crippen LogP contribution in [0.2, 0.25) is 0 Å². The fraction of sp³-hybridized carbons (Fsp3) is 0.667. The molecular weight excluding hydrogens is 284 g/mol. The molecule has 2 heteroatoms. The third-order valence-electron chi connectivity index (χ3n) is 6.00. The molecule has 0 aromatic rings. The fourth-order valence-electron chi connectivity index (χ4n) is 4.53. The summed E-state index contributed by atoms with van der Waals surface area (Å²) >= 11 is 0. The summed E-state index contributed by atoms with van der Waals surface area (Å²) in [6.45, 7) is 11.0. The van der Waals surface area contributed by atoms with Gasteiger partial charge in [-0.1, -0.05) is 48.3 Å². The summed E-state index contributed by atoms with van der Waals surface area (Å²) in [6, 6.07) is 0. The molecule has 0 heterocycles. The first-order valence-electron chi connectivity index (χ1n) is 8.97. The number of carboxylic acid groups (broad SMARTS) is 1. The van der Waals surface area contributed by atoms with Crippen molar-refractivity contribution >= 4 is 5.97 Å². The largest absolute Gasteiger partial charge is 0.481 e. The number of fused-ring (bicyclic) bond motifs is 2. The quantitative estimate of drug-likeness (QED) is 0.611. The van der Waals surface area contributed by atoms with Crippen molar-refractivity contribution in [2.24, 2.45) is 17.3 Å². The second kappa shape index (κ2) is 7.07. The Bertz CT molecular complexity index is 560. The van der Waals surface area contributed by atoms with E-state index in [9.17, 15) is 9.90 Å². The van der Waals surface area contributed by atoms with Gasteiger partial charge in [0, 0.05) is 0 Å². The first kappa shape index (κ1) is 18.0. The van der Waals surface area contributed by atoms with Crippen molar-refractivity contribution in [2.75, 3.05) is 0 Å². The van der Waals surface area contributed by atoms with Crippen molar-refractivity contribution in [1.29, 1.82) is 0 Å². The maximum atomic E-state index is 12.0. The molecule has 0 unspecified atom stereocenters. The first-order valence-corrected chi connectivity index (χ1v) is 8.97. The molecule has 0 amide bonds. The molecule has 2 bridgehead atoms. The van der Waals surface area contributed by atoms with E-state index in [0.29, 0.717) is 12.3 Å². The van der Waals surface area contributed by atoms with E-state index in [1.165, 1.54) is 28.7 Å². The van der Waals surface area contributed by atoms with Crippen LogP contribution in [0.4, 0.5) is 0 Å². The minimum absolute atomic E-state index is 0.0400. The molecule has 2 aliphatic rings. The Balaban J connectivity index is 2.51. The van der Waals surface area contributed by atoms with Gasteiger partial charge in [-0.2, -0.15) is 0 Å². The number of hydrogen-bond donors (Lipinski definition) is 1. The van der Waals surface area contributed by atoms with E-state index in [-0.39, 0.29) is 11.3 Å². The van der Waals surface area contributed by atoms with Crippen LogP contribution in [-0.2, 0) is 4.79 Å². The highest BCUT2D eigenvalue weighted by Crippen LogP contribution is 2.50. The molecule has 128 valence electrons. The molecule has 0 fully saturated rings. The molecule has 2 nitrogen and oxygen atoms in total. The minimum atomic E-state index is -0.662. The van der Waals surface area contributed by atoms with Crippen molar-refractivity contribution in [3.05, 3.63) is 34.4 Å². The summed E-state index contributed by atoms with van der Waals surface area (Å²) in [7, 11) is 0. The molecule has 0 radical (unpaired) electrons. The van der Waals surface area contributed by atoms with Gasteiger partial charge in [0.25, 0.3) is 0 Å². The highest BCUT2D eigenvalue weighted by Gasteiger charge is 2.42. The van der Waals surface area contributed by atoms with Crippen molar-refractivity contribution in [3.63, 3.8) is 0 Å². The van der Waals surface area contributed by atoms with Gasteiger partial charge in [0.05, 0.1) is 5.92 Å². The van der Waals surface area contributed by atoms with Gasteiger partial charge in [-0.3, -0.25) is 4.79 Å². The van der Waals surface area contributed by atoms with Crippen molar-refractivity contribution < 1.29 is 9.90 Å². The van der Waals surface area contributed by atoms with Gasteiger partial charge in [0.1, 0.15) is 0 Å². The number of allylic oxidation sites excluding steroid dienone is 5. The molecule has 0 spiro atoms. The van der Waals surface area contributed by atoms with Gasteiger partial charge in [-0.05, 0) is 70.6 Å². The number of rotatable bonds is 1. The van der Waals surface area contributed by atoms with E-state index in [0.717, 1.165) is 25.7 Å². The minimum Gasteiger partial charge on any atom is -0.481 e. The molecule has 0 aromatic heterocycles. The van der Waals surface area contributed by atoms with Crippen LogP contribution in [0, 0.1) is 17.3 Å². The molecule has 0 aliphatic heterocycles. The van der Waals surface area contributed by atoms with Crippen molar-refractivity contribution in [3.8, 4) is 0 Å². The van der Waals surface area contributed by atoms with Crippen LogP contribution >= 0.6 is 0 Å². The van der Waals surface area contributed by atoms with Crippen molar-refractivity contribution in [1.82, 2.24) is 0 Å². The summed E-state index contributed by atoms with van der Waals surface area (Å²) in [5.41, 5.74) is 5.14. The topological polar surface area (TPSA) is 37.3 Å². The Morgan fingerprint density at radius 2 is 1.83 bits per heavy atom. The number of aliphatic carboxylic acids is 1. The molecule has 0 saturated heterocycles. The Labute approximate surface area is 141 Å². The van der Waals surface area contributed by atoms with Crippen LogP contribution in [0.15, 0.2) is 34.4 Å². The van der Waals surface area contributed by atoms with Gasteiger partial charge in [-0.15, -0.1) is 0 Å². The monoisotopic (exact) mass is 316 g/mol. The average molecular weight is 316 g/mol. The van der Waals surface area contributed by atoms with Crippen LogP contribution in [0.5, 0.6) is 0 Å². The highest BCUT2D eigenvalue weighted by atomic mass is 16.4. The third-order valence-corrected chi connectivity index (χ3v) is 6.00. The van der Waals surface area contributed by atoms with E-state index in [1.54, 1.807) is 0 Å². The van der Waals surface area contributed by atoms with Crippen LogP contribution in [0.1, 0.15) is 73.1 Å². The Hall–Kier alpha value is -1.31. The molecule has 0 saturated carbocycles. The normalized spacial score (nSPS) is 33.6. The Morgan fingerprint density at radius 1 is 1.13 bits per heavy atom. The second-order valence-corrected chi connectivity index (χ2v) is 8.12. The van der Waals surface area contributed by atoms with Gasteiger partial charge >= 0.3 is 5.97 Å². The number of hydrogen-bond acceptors (Lipinski definition) is 1. The standard InChI is InChI=1S/C21H32O2/c1-14-7-6-8-15(2)13-18(20(22)23)19-16(3)10-12-17(11-9-14)21(19,4)5/h8-9,17-18H,6-7,10-13H2,1-5H3,(H,22,23)/b14-9+,15-8+/t17-,18-/m0/s1. The zero-order chi connectivity index (χ0) is 17.2. The lowest BCUT2D eigenvalue weighted by Gasteiger charge is -2.44. The third kappa shape index (κ3) is 3.97. The summed E-state index contributed by atoms with van der Waals surface area (Å²) in [6.07, 6.45) is 10.7. The molecule has 0 aromatic carbocycles. The lowest BCUT2D eigenvalue weighted by atomic mass is 9.60. The van der Waals surface area contributed by atoms with Gasteiger partial charge in [-0.25, -0.2) is 0 Å². The lowest BCUT2D eigenvalue weighted by molar-refractivity contribution is -0.141. The Kier molecular flexibility index (Phi) is 5.54. The zero-order valence-electron chi connectivity index (χ0n) is 15.4. The molecule has 2 rings (SSSR count). The summed E-state index contributed by atoms with van der Waals surface area (Å²) in [4.78, 5) is 12.0. The first-order chi connectivity index (χ1) is 10.7. The zero-order valence-corrected chi connectivity index (χ0v) is 15.4. The van der Waals surface area contributed by atoms with Gasteiger partial charge in [0.2, 0.25) is 0 Å². The highest BCUT2D eigenvalue weighted by molar-refractivity contribution is 5.75. The van der Waals surface area contributed by atoms with E-state index >= 15 is 0 Å². The number of carbonyl (C=O) groups is 1. The molecular formula is C21H32O2. The van der Waals surface area contributed by atoms with Crippen LogP contribution < -0.4 is 0 Å². The van der Waals surface area contributed by atoms with Crippen molar-refractivity contribution in [2.45, 2.75) is 73.1 Å². The van der Waals surface area contributed by atoms with E-state index in [4.69, 9.17) is 0 Å². The molecule has 2 atom stereocenters. The average Bonchev–Trinajstić information content (AvgIpc) is 2.43. The Morgan fingerprint density at radius 3 is 2.48 bits per heavy atom. The second-order valence-electron chi connectivity index (χ2n) is 8.12. The predicted molar refractivity (Wildman–Crippen MR) is 96.3 cm³/mol. The van der Waals surface area contributed by atoms with E-state index < -0.39 is 5.97 Å². The maximum absolute atomic E-state index is 12.0. The predicted octanol–water partition coefficient (Wildman–Crippen LogP) is 5.91.